The normalized spacial score (nSPS) is 9.33. The van der Waals surface area contributed by atoms with Crippen LogP contribution in [0, 0.1) is 11.8 Å². The fraction of sp³-hybridized carbons (Fsp3) is 0. The molecule has 88 valence electrons. The Balaban J connectivity index is 2.19. The smallest absolute Gasteiger partial charge is 0.335 e. The van der Waals surface area contributed by atoms with Gasteiger partial charge in [-0.15, -0.1) is 0 Å². The van der Waals surface area contributed by atoms with Gasteiger partial charge in [0.25, 0.3) is 0 Å². The SMILES string of the molecule is O=C(O)c1ccc(C#Cc2ccc(O)cc2)cc1. The number of rotatable bonds is 1. The van der Waals surface area contributed by atoms with Crippen LogP contribution in [-0.2, 0) is 0 Å². The maximum absolute atomic E-state index is 10.7. The molecule has 0 bridgehead atoms. The van der Waals surface area contributed by atoms with Gasteiger partial charge in [0.2, 0.25) is 0 Å². The van der Waals surface area contributed by atoms with Gasteiger partial charge in [-0.3, -0.25) is 0 Å². The summed E-state index contributed by atoms with van der Waals surface area (Å²) in [6.07, 6.45) is 0. The molecule has 0 aliphatic heterocycles. The average Bonchev–Trinajstić information content (AvgIpc) is 2.38. The number of aromatic carboxylic acids is 1. The molecule has 2 aromatic carbocycles. The highest BCUT2D eigenvalue weighted by Crippen LogP contribution is 2.09. The van der Waals surface area contributed by atoms with Gasteiger partial charge in [-0.05, 0) is 48.5 Å². The lowest BCUT2D eigenvalue weighted by Crippen LogP contribution is -1.94. The second kappa shape index (κ2) is 5.07. The second-order valence-corrected chi connectivity index (χ2v) is 3.68. The zero-order valence-electron chi connectivity index (χ0n) is 9.42. The van der Waals surface area contributed by atoms with Crippen LogP contribution in [0.4, 0.5) is 0 Å². The molecule has 18 heavy (non-hydrogen) atoms. The van der Waals surface area contributed by atoms with E-state index < -0.39 is 5.97 Å². The highest BCUT2D eigenvalue weighted by molar-refractivity contribution is 5.87. The fourth-order valence-electron chi connectivity index (χ4n) is 1.39. The molecule has 3 nitrogen and oxygen atoms in total. The zero-order chi connectivity index (χ0) is 13.0. The van der Waals surface area contributed by atoms with Gasteiger partial charge in [0.15, 0.2) is 0 Å². The van der Waals surface area contributed by atoms with Crippen molar-refractivity contribution in [1.29, 1.82) is 0 Å². The Hall–Kier alpha value is -2.73. The maximum atomic E-state index is 10.7. The molecule has 0 fully saturated rings. The summed E-state index contributed by atoms with van der Waals surface area (Å²) < 4.78 is 0. The first-order chi connectivity index (χ1) is 8.65. The highest BCUT2D eigenvalue weighted by atomic mass is 16.4. The van der Waals surface area contributed by atoms with Crippen LogP contribution in [0.1, 0.15) is 21.5 Å². The molecule has 0 aromatic heterocycles. The summed E-state index contributed by atoms with van der Waals surface area (Å²) in [7, 11) is 0. The molecule has 0 aliphatic rings. The van der Waals surface area contributed by atoms with Gasteiger partial charge < -0.3 is 10.2 Å². The van der Waals surface area contributed by atoms with Gasteiger partial charge >= 0.3 is 5.97 Å². The van der Waals surface area contributed by atoms with Crippen molar-refractivity contribution < 1.29 is 15.0 Å². The number of benzene rings is 2. The number of phenols is 1. The van der Waals surface area contributed by atoms with Crippen molar-refractivity contribution in [3.8, 4) is 17.6 Å². The fourth-order valence-corrected chi connectivity index (χ4v) is 1.39. The zero-order valence-corrected chi connectivity index (χ0v) is 9.42. The van der Waals surface area contributed by atoms with E-state index in [4.69, 9.17) is 10.2 Å². The molecule has 0 heterocycles. The lowest BCUT2D eigenvalue weighted by Gasteiger charge is -1.94. The van der Waals surface area contributed by atoms with Crippen molar-refractivity contribution in [3.05, 3.63) is 65.2 Å². The summed E-state index contributed by atoms with van der Waals surface area (Å²) in [5.41, 5.74) is 1.77. The summed E-state index contributed by atoms with van der Waals surface area (Å²) in [5.74, 6) is 5.10. The first-order valence-electron chi connectivity index (χ1n) is 5.29. The van der Waals surface area contributed by atoms with E-state index in [9.17, 15) is 4.79 Å². The molecule has 0 saturated heterocycles. The van der Waals surface area contributed by atoms with Gasteiger partial charge in [0, 0.05) is 11.1 Å². The molecule has 0 saturated carbocycles. The van der Waals surface area contributed by atoms with E-state index in [1.165, 1.54) is 12.1 Å². The minimum Gasteiger partial charge on any atom is -0.508 e. The third-order valence-corrected chi connectivity index (χ3v) is 2.35. The molecule has 2 aromatic rings. The third-order valence-electron chi connectivity index (χ3n) is 2.35. The van der Waals surface area contributed by atoms with Crippen molar-refractivity contribution >= 4 is 5.97 Å². The number of carbonyl (C=O) groups is 1. The summed E-state index contributed by atoms with van der Waals surface area (Å²) in [4.78, 5) is 10.7. The predicted molar refractivity (Wildman–Crippen MR) is 67.5 cm³/mol. The van der Waals surface area contributed by atoms with Crippen LogP contribution in [0.3, 0.4) is 0 Å². The van der Waals surface area contributed by atoms with Crippen molar-refractivity contribution in [1.82, 2.24) is 0 Å². The highest BCUT2D eigenvalue weighted by Gasteiger charge is 1.99. The summed E-state index contributed by atoms with van der Waals surface area (Å²) in [6.45, 7) is 0. The number of phenolic OH excluding ortho intramolecular Hbond substituents is 1. The number of hydrogen-bond donors (Lipinski definition) is 2. The van der Waals surface area contributed by atoms with E-state index in [2.05, 4.69) is 11.8 Å². The molecule has 2 N–H and O–H groups in total. The van der Waals surface area contributed by atoms with E-state index in [1.807, 2.05) is 0 Å². The maximum Gasteiger partial charge on any atom is 0.335 e. The molecule has 3 heteroatoms. The summed E-state index contributed by atoms with van der Waals surface area (Å²) in [6, 6.07) is 12.9. The van der Waals surface area contributed by atoms with Gasteiger partial charge in [0.05, 0.1) is 5.56 Å². The Bertz CT molecular complexity index is 614. The van der Waals surface area contributed by atoms with Crippen molar-refractivity contribution in [2.45, 2.75) is 0 Å². The molecule has 0 atom stereocenters. The standard InChI is InChI=1S/C15H10O3/c16-14-9-5-12(6-10-14)2-1-11-3-7-13(8-4-11)15(17)18/h3-10,16H,(H,17,18). The van der Waals surface area contributed by atoms with Crippen molar-refractivity contribution in [3.63, 3.8) is 0 Å². The quantitative estimate of drug-likeness (QED) is 0.750. The molecular formula is C15H10O3. The van der Waals surface area contributed by atoms with Crippen LogP contribution >= 0.6 is 0 Å². The monoisotopic (exact) mass is 238 g/mol. The first kappa shape index (κ1) is 11.7. The number of aromatic hydroxyl groups is 1. The van der Waals surface area contributed by atoms with Crippen LogP contribution in [0.15, 0.2) is 48.5 Å². The van der Waals surface area contributed by atoms with E-state index >= 15 is 0 Å². The third kappa shape index (κ3) is 2.89. The van der Waals surface area contributed by atoms with Gasteiger partial charge in [0.1, 0.15) is 5.75 Å². The molecule has 0 unspecified atom stereocenters. The Morgan fingerprint density at radius 1 is 0.833 bits per heavy atom. The molecule has 2 rings (SSSR count). The van der Waals surface area contributed by atoms with Crippen molar-refractivity contribution in [2.75, 3.05) is 0 Å². The van der Waals surface area contributed by atoms with E-state index in [0.717, 1.165) is 11.1 Å². The Kier molecular flexibility index (Phi) is 3.31. The number of carboxylic acids is 1. The van der Waals surface area contributed by atoms with Crippen LogP contribution in [0.5, 0.6) is 5.75 Å². The van der Waals surface area contributed by atoms with E-state index in [-0.39, 0.29) is 11.3 Å². The minimum absolute atomic E-state index is 0.200. The van der Waals surface area contributed by atoms with Crippen LogP contribution in [-0.4, -0.2) is 16.2 Å². The Labute approximate surface area is 104 Å². The van der Waals surface area contributed by atoms with Gasteiger partial charge in [-0.25, -0.2) is 4.79 Å². The van der Waals surface area contributed by atoms with Crippen LogP contribution < -0.4 is 0 Å². The lowest BCUT2D eigenvalue weighted by atomic mass is 10.1. The molecule has 0 aliphatic carbocycles. The average molecular weight is 238 g/mol. The molecule has 0 spiro atoms. The summed E-state index contributed by atoms with van der Waals surface area (Å²) >= 11 is 0. The number of hydrogen-bond acceptors (Lipinski definition) is 2. The largest absolute Gasteiger partial charge is 0.508 e. The van der Waals surface area contributed by atoms with E-state index in [0.29, 0.717) is 0 Å². The van der Waals surface area contributed by atoms with Crippen LogP contribution in [0.2, 0.25) is 0 Å². The van der Waals surface area contributed by atoms with Crippen molar-refractivity contribution in [2.24, 2.45) is 0 Å². The first-order valence-corrected chi connectivity index (χ1v) is 5.29. The van der Waals surface area contributed by atoms with Crippen LogP contribution in [0.25, 0.3) is 0 Å². The number of carboxylic acid groups (broad SMARTS) is 1. The second-order valence-electron chi connectivity index (χ2n) is 3.68. The summed E-state index contributed by atoms with van der Waals surface area (Å²) in [5, 5.41) is 17.9. The van der Waals surface area contributed by atoms with Gasteiger partial charge in [-0.1, -0.05) is 11.8 Å². The molecule has 0 amide bonds. The Morgan fingerprint density at radius 3 is 1.72 bits per heavy atom. The molecular weight excluding hydrogens is 228 g/mol. The topological polar surface area (TPSA) is 57.5 Å². The van der Waals surface area contributed by atoms with E-state index in [1.54, 1.807) is 36.4 Å². The Morgan fingerprint density at radius 2 is 1.28 bits per heavy atom. The minimum atomic E-state index is -0.951. The lowest BCUT2D eigenvalue weighted by molar-refractivity contribution is 0.0697. The predicted octanol–water partition coefficient (Wildman–Crippen LogP) is 2.49. The van der Waals surface area contributed by atoms with Gasteiger partial charge in [-0.2, -0.15) is 0 Å². The molecule has 0 radical (unpaired) electrons.